The fourth-order valence-electron chi connectivity index (χ4n) is 2.37. The van der Waals surface area contributed by atoms with Crippen molar-refractivity contribution < 1.29 is 0 Å². The van der Waals surface area contributed by atoms with Crippen molar-refractivity contribution in [2.24, 2.45) is 5.41 Å². The highest BCUT2D eigenvalue weighted by molar-refractivity contribution is 7.98. The number of rotatable bonds is 2. The minimum absolute atomic E-state index is 0.315. The highest BCUT2D eigenvalue weighted by Crippen LogP contribution is 2.27. The number of benzene rings is 1. The molecule has 1 N–H and O–H groups in total. The Morgan fingerprint density at radius 1 is 1.33 bits per heavy atom. The average molecular weight is 264 g/mol. The van der Waals surface area contributed by atoms with E-state index in [-0.39, 0.29) is 0 Å². The van der Waals surface area contributed by atoms with Crippen LogP contribution < -0.4 is 10.2 Å². The third kappa shape index (κ3) is 3.21. The highest BCUT2D eigenvalue weighted by atomic mass is 32.2. The van der Waals surface area contributed by atoms with Crippen LogP contribution in [0.15, 0.2) is 29.2 Å². The molecule has 3 heteroatoms. The highest BCUT2D eigenvalue weighted by Gasteiger charge is 2.29. The van der Waals surface area contributed by atoms with Crippen molar-refractivity contribution in [2.45, 2.75) is 31.7 Å². The monoisotopic (exact) mass is 264 g/mol. The molecular weight excluding hydrogens is 240 g/mol. The van der Waals surface area contributed by atoms with Gasteiger partial charge in [0.15, 0.2) is 0 Å². The van der Waals surface area contributed by atoms with E-state index in [0.717, 1.165) is 19.6 Å². The van der Waals surface area contributed by atoms with E-state index in [0.29, 0.717) is 11.5 Å². The summed E-state index contributed by atoms with van der Waals surface area (Å²) >= 11 is 1.81. The molecule has 2 rings (SSSR count). The summed E-state index contributed by atoms with van der Waals surface area (Å²) in [5.74, 6) is 0. The smallest absolute Gasteiger partial charge is 0.0378 e. The van der Waals surface area contributed by atoms with Crippen LogP contribution in [0.3, 0.4) is 0 Å². The lowest BCUT2D eigenvalue weighted by Gasteiger charge is -2.41. The molecule has 1 saturated heterocycles. The first kappa shape index (κ1) is 13.8. The molecule has 1 heterocycles. The van der Waals surface area contributed by atoms with E-state index >= 15 is 0 Å². The van der Waals surface area contributed by atoms with E-state index in [4.69, 9.17) is 0 Å². The van der Waals surface area contributed by atoms with Crippen LogP contribution in [-0.2, 0) is 0 Å². The van der Waals surface area contributed by atoms with Gasteiger partial charge in [0.2, 0.25) is 0 Å². The lowest BCUT2D eigenvalue weighted by molar-refractivity contribution is 0.254. The standard InChI is InChI=1S/C15H24N2S/c1-15(2,3)14-11-17(9-8-16-14)12-6-5-7-13(10-12)18-4/h5-7,10,14,16H,8-9,11H2,1-4H3. The van der Waals surface area contributed by atoms with E-state index < -0.39 is 0 Å². The third-order valence-corrected chi connectivity index (χ3v) is 4.36. The number of nitrogens with zero attached hydrogens (tertiary/aromatic N) is 1. The Morgan fingerprint density at radius 3 is 2.78 bits per heavy atom. The van der Waals surface area contributed by atoms with Gasteiger partial charge in [-0.3, -0.25) is 0 Å². The van der Waals surface area contributed by atoms with Gasteiger partial charge in [0.05, 0.1) is 0 Å². The fourth-order valence-corrected chi connectivity index (χ4v) is 2.82. The lowest BCUT2D eigenvalue weighted by atomic mass is 9.85. The minimum Gasteiger partial charge on any atom is -0.369 e. The predicted molar refractivity (Wildman–Crippen MR) is 81.7 cm³/mol. The SMILES string of the molecule is CSc1cccc(N2CCNC(C(C)(C)C)C2)c1. The van der Waals surface area contributed by atoms with Crippen LogP contribution in [0.1, 0.15) is 20.8 Å². The van der Waals surface area contributed by atoms with Gasteiger partial charge in [-0.2, -0.15) is 0 Å². The van der Waals surface area contributed by atoms with Gasteiger partial charge in [-0.15, -0.1) is 11.8 Å². The molecule has 1 aliphatic rings. The third-order valence-electron chi connectivity index (χ3n) is 3.64. The second-order valence-corrected chi connectivity index (χ2v) is 6.90. The molecule has 0 bridgehead atoms. The first-order valence-corrected chi connectivity index (χ1v) is 7.85. The van der Waals surface area contributed by atoms with Gasteiger partial charge >= 0.3 is 0 Å². The van der Waals surface area contributed by atoms with E-state index in [2.05, 4.69) is 61.5 Å². The quantitative estimate of drug-likeness (QED) is 0.826. The summed E-state index contributed by atoms with van der Waals surface area (Å²) in [6.07, 6.45) is 2.13. The van der Waals surface area contributed by atoms with E-state index in [1.54, 1.807) is 0 Å². The molecule has 0 amide bonds. The van der Waals surface area contributed by atoms with Gasteiger partial charge in [0.1, 0.15) is 0 Å². The van der Waals surface area contributed by atoms with Gasteiger partial charge in [-0.25, -0.2) is 0 Å². The van der Waals surface area contributed by atoms with Crippen LogP contribution in [0.5, 0.6) is 0 Å². The Hall–Kier alpha value is -0.670. The van der Waals surface area contributed by atoms with Crippen LogP contribution in [0.4, 0.5) is 5.69 Å². The molecule has 1 aromatic carbocycles. The topological polar surface area (TPSA) is 15.3 Å². The number of hydrogen-bond donors (Lipinski definition) is 1. The van der Waals surface area contributed by atoms with Crippen LogP contribution in [0.25, 0.3) is 0 Å². The summed E-state index contributed by atoms with van der Waals surface area (Å²) in [4.78, 5) is 3.85. The Labute approximate surface area is 115 Å². The second-order valence-electron chi connectivity index (χ2n) is 6.02. The molecule has 100 valence electrons. The summed E-state index contributed by atoms with van der Waals surface area (Å²) < 4.78 is 0. The van der Waals surface area contributed by atoms with Crippen molar-refractivity contribution in [3.05, 3.63) is 24.3 Å². The van der Waals surface area contributed by atoms with Gasteiger partial charge in [-0.05, 0) is 29.9 Å². The maximum Gasteiger partial charge on any atom is 0.0378 e. The van der Waals surface area contributed by atoms with Gasteiger partial charge in [-0.1, -0.05) is 26.8 Å². The van der Waals surface area contributed by atoms with E-state index in [1.807, 2.05) is 11.8 Å². The molecule has 0 aliphatic carbocycles. The summed E-state index contributed by atoms with van der Waals surface area (Å²) in [6.45, 7) is 10.2. The first-order chi connectivity index (χ1) is 8.50. The summed E-state index contributed by atoms with van der Waals surface area (Å²) in [5.41, 5.74) is 1.67. The van der Waals surface area contributed by atoms with Crippen molar-refractivity contribution >= 4 is 17.4 Å². The summed E-state index contributed by atoms with van der Waals surface area (Å²) in [7, 11) is 0. The van der Waals surface area contributed by atoms with Crippen LogP contribution in [-0.4, -0.2) is 31.9 Å². The molecule has 18 heavy (non-hydrogen) atoms. The normalized spacial score (nSPS) is 21.1. The number of anilines is 1. The van der Waals surface area contributed by atoms with Crippen LogP contribution >= 0.6 is 11.8 Å². The molecule has 0 spiro atoms. The van der Waals surface area contributed by atoms with Gasteiger partial charge in [0, 0.05) is 36.3 Å². The molecule has 0 aromatic heterocycles. The van der Waals surface area contributed by atoms with Crippen molar-refractivity contribution in [3.63, 3.8) is 0 Å². The Balaban J connectivity index is 2.13. The molecule has 1 aromatic rings. The second kappa shape index (κ2) is 5.54. The molecule has 1 fully saturated rings. The van der Waals surface area contributed by atoms with E-state index in [1.165, 1.54) is 10.6 Å². The largest absolute Gasteiger partial charge is 0.369 e. The Kier molecular flexibility index (Phi) is 4.23. The average Bonchev–Trinajstić information content (AvgIpc) is 2.38. The van der Waals surface area contributed by atoms with Crippen molar-refractivity contribution in [3.8, 4) is 0 Å². The minimum atomic E-state index is 0.315. The molecule has 1 unspecified atom stereocenters. The maximum atomic E-state index is 3.64. The van der Waals surface area contributed by atoms with Crippen molar-refractivity contribution in [1.29, 1.82) is 0 Å². The Morgan fingerprint density at radius 2 is 2.11 bits per heavy atom. The van der Waals surface area contributed by atoms with E-state index in [9.17, 15) is 0 Å². The molecule has 1 aliphatic heterocycles. The molecule has 2 nitrogen and oxygen atoms in total. The van der Waals surface area contributed by atoms with Gasteiger partial charge < -0.3 is 10.2 Å². The zero-order valence-corrected chi connectivity index (χ0v) is 12.7. The number of hydrogen-bond acceptors (Lipinski definition) is 3. The molecule has 1 atom stereocenters. The van der Waals surface area contributed by atoms with Crippen molar-refractivity contribution in [1.82, 2.24) is 5.32 Å². The van der Waals surface area contributed by atoms with Gasteiger partial charge in [0.25, 0.3) is 0 Å². The van der Waals surface area contributed by atoms with Crippen LogP contribution in [0.2, 0.25) is 0 Å². The predicted octanol–water partition coefficient (Wildman–Crippen LogP) is 3.23. The lowest BCUT2D eigenvalue weighted by Crippen LogP contribution is -2.56. The number of thioether (sulfide) groups is 1. The number of nitrogens with one attached hydrogen (secondary N) is 1. The molecule has 0 radical (unpaired) electrons. The zero-order valence-electron chi connectivity index (χ0n) is 11.9. The molecular formula is C15H24N2S. The summed E-state index contributed by atoms with van der Waals surface area (Å²) in [5, 5.41) is 3.64. The zero-order chi connectivity index (χ0) is 13.2. The molecule has 0 saturated carbocycles. The maximum absolute atomic E-state index is 3.64. The summed E-state index contributed by atoms with van der Waals surface area (Å²) in [6, 6.07) is 9.43. The number of piperazine rings is 1. The van der Waals surface area contributed by atoms with Crippen LogP contribution in [0, 0.1) is 5.41 Å². The van der Waals surface area contributed by atoms with Crippen molar-refractivity contribution in [2.75, 3.05) is 30.8 Å². The first-order valence-electron chi connectivity index (χ1n) is 6.63. The Bertz CT molecular complexity index is 398. The fraction of sp³-hybridized carbons (Fsp3) is 0.600.